The van der Waals surface area contributed by atoms with E-state index in [0.29, 0.717) is 15.8 Å². The van der Waals surface area contributed by atoms with Crippen LogP contribution in [0.3, 0.4) is 0 Å². The van der Waals surface area contributed by atoms with E-state index in [4.69, 9.17) is 28.9 Å². The van der Waals surface area contributed by atoms with Gasteiger partial charge in [0.1, 0.15) is 20.7 Å². The zero-order chi connectivity index (χ0) is 12.3. The molecule has 0 saturated heterocycles. The average Bonchev–Trinajstić information content (AvgIpc) is 2.11. The number of anilines is 1. The lowest BCUT2D eigenvalue weighted by Gasteiger charge is -2.05. The number of sulfone groups is 1. The van der Waals surface area contributed by atoms with Crippen LogP contribution in [0.25, 0.3) is 0 Å². The van der Waals surface area contributed by atoms with E-state index in [1.807, 2.05) is 0 Å². The zero-order valence-electron chi connectivity index (χ0n) is 8.41. The van der Waals surface area contributed by atoms with Crippen molar-refractivity contribution in [3.05, 3.63) is 16.1 Å². The van der Waals surface area contributed by atoms with Crippen LogP contribution in [0, 0.1) is 0 Å². The molecule has 0 spiro atoms. The fourth-order valence-corrected chi connectivity index (χ4v) is 3.47. The van der Waals surface area contributed by atoms with Crippen LogP contribution in [-0.2, 0) is 9.84 Å². The number of hydrogen-bond donors (Lipinski definition) is 1. The number of hydrogen-bond acceptors (Lipinski definition) is 5. The lowest BCUT2D eigenvalue weighted by Crippen LogP contribution is -2.05. The van der Waals surface area contributed by atoms with Crippen molar-refractivity contribution < 1.29 is 8.42 Å². The monoisotopic (exact) mass is 300 g/mol. The Balaban J connectivity index is 2.71. The molecule has 0 bridgehead atoms. The van der Waals surface area contributed by atoms with E-state index in [0.717, 1.165) is 0 Å². The van der Waals surface area contributed by atoms with Crippen molar-refractivity contribution in [2.24, 2.45) is 0 Å². The maximum absolute atomic E-state index is 10.9. The van der Waals surface area contributed by atoms with Crippen LogP contribution in [0.2, 0.25) is 10.0 Å². The van der Waals surface area contributed by atoms with Crippen LogP contribution in [0.5, 0.6) is 0 Å². The Morgan fingerprint density at radius 1 is 1.44 bits per heavy atom. The molecule has 1 rings (SSSR count). The second kappa shape index (κ2) is 5.44. The number of halogens is 2. The summed E-state index contributed by atoms with van der Waals surface area (Å²) in [6, 6.07) is 1.49. The van der Waals surface area contributed by atoms with Gasteiger partial charge in [-0.05, 0) is 6.07 Å². The normalized spacial score (nSPS) is 11.7. The highest BCUT2D eigenvalue weighted by atomic mass is 35.5. The van der Waals surface area contributed by atoms with Crippen LogP contribution >= 0.6 is 35.0 Å². The standard InChI is InChI=1S/C8H10Cl2N2O2S2/c1-16(13,14)3-2-15-8-6(10)4-5(9)7(11)12-8/h4H,2-3H2,1H3,(H2,11,12). The lowest BCUT2D eigenvalue weighted by atomic mass is 10.5. The molecule has 0 radical (unpaired) electrons. The fraction of sp³-hybridized carbons (Fsp3) is 0.375. The Labute approximate surface area is 108 Å². The van der Waals surface area contributed by atoms with Gasteiger partial charge in [0, 0.05) is 12.0 Å². The van der Waals surface area contributed by atoms with Gasteiger partial charge in [-0.2, -0.15) is 0 Å². The minimum Gasteiger partial charge on any atom is -0.382 e. The maximum atomic E-state index is 10.9. The molecule has 4 nitrogen and oxygen atoms in total. The Morgan fingerprint density at radius 3 is 2.62 bits per heavy atom. The smallest absolute Gasteiger partial charge is 0.148 e. The van der Waals surface area contributed by atoms with Gasteiger partial charge < -0.3 is 5.73 Å². The van der Waals surface area contributed by atoms with Gasteiger partial charge in [-0.3, -0.25) is 0 Å². The van der Waals surface area contributed by atoms with Crippen molar-refractivity contribution in [1.82, 2.24) is 4.98 Å². The zero-order valence-corrected chi connectivity index (χ0v) is 11.5. The summed E-state index contributed by atoms with van der Waals surface area (Å²) in [7, 11) is -2.97. The van der Waals surface area contributed by atoms with Crippen molar-refractivity contribution in [3.63, 3.8) is 0 Å². The summed E-state index contributed by atoms with van der Waals surface area (Å²) < 4.78 is 21.8. The third kappa shape index (κ3) is 4.37. The van der Waals surface area contributed by atoms with Crippen molar-refractivity contribution in [1.29, 1.82) is 0 Å². The molecule has 0 atom stereocenters. The third-order valence-corrected chi connectivity index (χ3v) is 4.52. The first-order valence-electron chi connectivity index (χ1n) is 4.21. The molecule has 0 unspecified atom stereocenters. The van der Waals surface area contributed by atoms with Crippen molar-refractivity contribution in [2.45, 2.75) is 5.03 Å². The minimum absolute atomic E-state index is 0.0677. The van der Waals surface area contributed by atoms with Crippen molar-refractivity contribution in [3.8, 4) is 0 Å². The Morgan fingerprint density at radius 2 is 2.06 bits per heavy atom. The summed E-state index contributed by atoms with van der Waals surface area (Å²) in [6.07, 6.45) is 1.18. The molecule has 0 aromatic carbocycles. The molecule has 1 aromatic rings. The van der Waals surface area contributed by atoms with Crippen molar-refractivity contribution in [2.75, 3.05) is 23.5 Å². The first-order chi connectivity index (χ1) is 7.29. The summed E-state index contributed by atoms with van der Waals surface area (Å²) in [5.41, 5.74) is 5.51. The average molecular weight is 301 g/mol. The summed E-state index contributed by atoms with van der Waals surface area (Å²) in [6.45, 7) is 0. The molecule has 0 aliphatic heterocycles. The quantitative estimate of drug-likeness (QED) is 0.862. The van der Waals surface area contributed by atoms with Crippen molar-refractivity contribution >= 4 is 50.6 Å². The van der Waals surface area contributed by atoms with Gasteiger partial charge in [0.2, 0.25) is 0 Å². The molecule has 8 heteroatoms. The number of pyridine rings is 1. The highest BCUT2D eigenvalue weighted by Gasteiger charge is 2.09. The van der Waals surface area contributed by atoms with Gasteiger partial charge in [-0.25, -0.2) is 13.4 Å². The predicted molar refractivity (Wildman–Crippen MR) is 69.1 cm³/mol. The fourth-order valence-electron chi connectivity index (χ4n) is 0.854. The molecule has 0 amide bonds. The van der Waals surface area contributed by atoms with Crippen LogP contribution in [0.1, 0.15) is 0 Å². The van der Waals surface area contributed by atoms with E-state index in [9.17, 15) is 8.42 Å². The lowest BCUT2D eigenvalue weighted by molar-refractivity contribution is 0.603. The minimum atomic E-state index is -2.97. The number of aromatic nitrogens is 1. The van der Waals surface area contributed by atoms with E-state index in [-0.39, 0.29) is 16.6 Å². The molecule has 16 heavy (non-hydrogen) atoms. The topological polar surface area (TPSA) is 73.0 Å². The van der Waals surface area contributed by atoms with Gasteiger partial charge in [-0.1, -0.05) is 23.2 Å². The Kier molecular flexibility index (Phi) is 4.73. The van der Waals surface area contributed by atoms with E-state index in [2.05, 4.69) is 4.98 Å². The number of rotatable bonds is 4. The summed E-state index contributed by atoms with van der Waals surface area (Å²) in [4.78, 5) is 3.97. The largest absolute Gasteiger partial charge is 0.382 e. The summed E-state index contributed by atoms with van der Waals surface area (Å²) in [5, 5.41) is 1.15. The molecule has 1 heterocycles. The van der Waals surface area contributed by atoms with Gasteiger partial charge in [0.15, 0.2) is 0 Å². The highest BCUT2D eigenvalue weighted by Crippen LogP contribution is 2.30. The molecule has 0 aliphatic carbocycles. The molecule has 0 fully saturated rings. The van der Waals surface area contributed by atoms with E-state index in [1.165, 1.54) is 24.1 Å². The van der Waals surface area contributed by atoms with Crippen LogP contribution in [0.4, 0.5) is 5.82 Å². The number of nitrogen functional groups attached to an aromatic ring is 1. The highest BCUT2D eigenvalue weighted by molar-refractivity contribution is 8.00. The van der Waals surface area contributed by atoms with Gasteiger partial charge in [0.05, 0.1) is 15.8 Å². The number of thioether (sulfide) groups is 1. The molecule has 0 saturated carbocycles. The first-order valence-corrected chi connectivity index (χ1v) is 8.02. The molecule has 2 N–H and O–H groups in total. The van der Waals surface area contributed by atoms with Gasteiger partial charge in [-0.15, -0.1) is 11.8 Å². The Hall–Kier alpha value is -0.170. The second-order valence-corrected chi connectivity index (χ2v) is 7.28. The second-order valence-electron chi connectivity index (χ2n) is 3.12. The maximum Gasteiger partial charge on any atom is 0.148 e. The first kappa shape index (κ1) is 13.9. The number of nitrogens with two attached hydrogens (primary N) is 1. The SMILES string of the molecule is CS(=O)(=O)CCSc1nc(N)c(Cl)cc1Cl. The Bertz CT molecular complexity index is 491. The number of nitrogens with zero attached hydrogens (tertiary/aromatic N) is 1. The molecular weight excluding hydrogens is 291 g/mol. The van der Waals surface area contributed by atoms with E-state index in [1.54, 1.807) is 0 Å². The molecular formula is C8H10Cl2N2O2S2. The molecule has 90 valence electrons. The van der Waals surface area contributed by atoms with E-state index >= 15 is 0 Å². The van der Waals surface area contributed by atoms with Crippen LogP contribution < -0.4 is 5.73 Å². The van der Waals surface area contributed by atoms with Gasteiger partial charge in [0.25, 0.3) is 0 Å². The summed E-state index contributed by atoms with van der Waals surface area (Å²) >= 11 is 12.8. The molecule has 0 aliphatic rings. The van der Waals surface area contributed by atoms with E-state index < -0.39 is 9.84 Å². The van der Waals surface area contributed by atoms with Crippen LogP contribution in [0.15, 0.2) is 11.1 Å². The molecule has 1 aromatic heterocycles. The van der Waals surface area contributed by atoms with Gasteiger partial charge >= 0.3 is 0 Å². The predicted octanol–water partition coefficient (Wildman–Crippen LogP) is 2.11. The summed E-state index contributed by atoms with van der Waals surface area (Å²) in [5.74, 6) is 0.637. The van der Waals surface area contributed by atoms with Crippen LogP contribution in [-0.4, -0.2) is 31.2 Å². The third-order valence-electron chi connectivity index (χ3n) is 1.62.